The smallest absolute Gasteiger partial charge is 0.319 e. The van der Waals surface area contributed by atoms with Crippen molar-refractivity contribution in [2.45, 2.75) is 18.4 Å². The number of hydrogen-bond acceptors (Lipinski definition) is 4. The number of hydrogen-bond donors (Lipinski definition) is 2. The Labute approximate surface area is 170 Å². The Morgan fingerprint density at radius 3 is 2.34 bits per heavy atom. The van der Waals surface area contributed by atoms with Gasteiger partial charge in [-0.15, -0.1) is 0 Å². The van der Waals surface area contributed by atoms with Crippen molar-refractivity contribution in [3.63, 3.8) is 0 Å². The van der Waals surface area contributed by atoms with Crippen LogP contribution in [0.25, 0.3) is 0 Å². The molecule has 0 aliphatic heterocycles. The normalized spacial score (nSPS) is 10.9. The highest BCUT2D eigenvalue weighted by molar-refractivity contribution is 7.92. The predicted octanol–water partition coefficient (Wildman–Crippen LogP) is 3.62. The van der Waals surface area contributed by atoms with Gasteiger partial charge in [-0.05, 0) is 55.0 Å². The number of nitrogens with zero attached hydrogens (tertiary/aromatic N) is 2. The minimum absolute atomic E-state index is 0.157. The highest BCUT2D eigenvalue weighted by Crippen LogP contribution is 2.24. The number of anilines is 2. The van der Waals surface area contributed by atoms with Gasteiger partial charge in [-0.1, -0.05) is 24.3 Å². The van der Waals surface area contributed by atoms with E-state index in [1.165, 1.54) is 16.4 Å². The summed E-state index contributed by atoms with van der Waals surface area (Å²) in [7, 11) is -3.70. The van der Waals surface area contributed by atoms with Crippen LogP contribution in [0.3, 0.4) is 0 Å². The van der Waals surface area contributed by atoms with Crippen molar-refractivity contribution in [1.82, 2.24) is 10.3 Å². The van der Waals surface area contributed by atoms with E-state index in [9.17, 15) is 13.2 Å². The summed E-state index contributed by atoms with van der Waals surface area (Å²) >= 11 is 0. The number of rotatable bonds is 7. The Morgan fingerprint density at radius 2 is 1.72 bits per heavy atom. The molecule has 0 fully saturated rings. The first kappa shape index (κ1) is 20.3. The Balaban J connectivity index is 1.66. The minimum Gasteiger partial charge on any atom is -0.334 e. The Bertz CT molecular complexity index is 1040. The molecule has 0 saturated heterocycles. The van der Waals surface area contributed by atoms with Gasteiger partial charge < -0.3 is 10.6 Å². The van der Waals surface area contributed by atoms with Crippen LogP contribution in [-0.4, -0.2) is 26.0 Å². The number of aromatic nitrogens is 1. The van der Waals surface area contributed by atoms with Crippen LogP contribution in [-0.2, 0) is 16.6 Å². The fraction of sp³-hybridized carbons (Fsp3) is 0.143. The summed E-state index contributed by atoms with van der Waals surface area (Å²) in [6.07, 6.45) is 3.34. The van der Waals surface area contributed by atoms with Gasteiger partial charge in [0.1, 0.15) is 0 Å². The van der Waals surface area contributed by atoms with Crippen molar-refractivity contribution >= 4 is 27.4 Å². The number of nitrogens with one attached hydrogen (secondary N) is 2. The number of amides is 2. The molecule has 7 nitrogen and oxygen atoms in total. The van der Waals surface area contributed by atoms with Crippen molar-refractivity contribution < 1.29 is 13.2 Å². The third kappa shape index (κ3) is 5.11. The van der Waals surface area contributed by atoms with Crippen molar-refractivity contribution in [1.29, 1.82) is 0 Å². The van der Waals surface area contributed by atoms with E-state index in [1.54, 1.807) is 61.8 Å². The average Bonchev–Trinajstić information content (AvgIpc) is 2.74. The van der Waals surface area contributed by atoms with Crippen molar-refractivity contribution in [3.05, 3.63) is 84.7 Å². The highest BCUT2D eigenvalue weighted by atomic mass is 32.2. The third-order valence-corrected chi connectivity index (χ3v) is 6.12. The lowest BCUT2D eigenvalue weighted by Gasteiger charge is -2.23. The molecule has 0 aliphatic carbocycles. The second kappa shape index (κ2) is 9.20. The molecule has 29 heavy (non-hydrogen) atoms. The Kier molecular flexibility index (Phi) is 6.46. The molecule has 0 spiro atoms. The topological polar surface area (TPSA) is 91.4 Å². The monoisotopic (exact) mass is 410 g/mol. The number of pyridine rings is 1. The molecule has 1 heterocycles. The first-order chi connectivity index (χ1) is 14.0. The van der Waals surface area contributed by atoms with Crippen LogP contribution in [0, 0.1) is 0 Å². The summed E-state index contributed by atoms with van der Waals surface area (Å²) < 4.78 is 27.3. The van der Waals surface area contributed by atoms with Crippen molar-refractivity contribution in [3.8, 4) is 0 Å². The molecule has 0 aliphatic rings. The highest BCUT2D eigenvalue weighted by Gasteiger charge is 2.23. The standard InChI is InChI=1S/C21H22N4O3S/c1-2-25(19-8-4-3-5-9-19)29(27,28)20-12-10-18(11-13-20)24-21(26)23-16-17-7-6-14-22-15-17/h3-15H,2,16H2,1H3,(H2,23,24,26). The number of carbonyl (C=O) groups is 1. The summed E-state index contributed by atoms with van der Waals surface area (Å²) in [4.78, 5) is 16.2. The second-order valence-corrected chi connectivity index (χ2v) is 8.06. The quantitative estimate of drug-likeness (QED) is 0.622. The van der Waals surface area contributed by atoms with Gasteiger partial charge in [-0.3, -0.25) is 9.29 Å². The molecule has 0 atom stereocenters. The fourth-order valence-corrected chi connectivity index (χ4v) is 4.26. The van der Waals surface area contributed by atoms with Gasteiger partial charge in [0.25, 0.3) is 10.0 Å². The van der Waals surface area contributed by atoms with Crippen molar-refractivity contribution in [2.24, 2.45) is 0 Å². The number of para-hydroxylation sites is 1. The van der Waals surface area contributed by atoms with E-state index in [4.69, 9.17) is 0 Å². The molecule has 2 aromatic carbocycles. The van der Waals surface area contributed by atoms with Crippen LogP contribution >= 0.6 is 0 Å². The lowest BCUT2D eigenvalue weighted by Crippen LogP contribution is -2.30. The fourth-order valence-electron chi connectivity index (χ4n) is 2.78. The van der Waals surface area contributed by atoms with Crippen LogP contribution in [0.2, 0.25) is 0 Å². The largest absolute Gasteiger partial charge is 0.334 e. The summed E-state index contributed by atoms with van der Waals surface area (Å²) in [5.41, 5.74) is 1.98. The van der Waals surface area contributed by atoms with E-state index in [0.29, 0.717) is 24.5 Å². The number of benzene rings is 2. The first-order valence-corrected chi connectivity index (χ1v) is 10.6. The molecular weight excluding hydrogens is 388 g/mol. The molecule has 0 radical (unpaired) electrons. The zero-order chi connectivity index (χ0) is 20.7. The van der Waals surface area contributed by atoms with Crippen LogP contribution in [0.4, 0.5) is 16.2 Å². The van der Waals surface area contributed by atoms with E-state index in [1.807, 2.05) is 12.1 Å². The minimum atomic E-state index is -3.70. The SMILES string of the molecule is CCN(c1ccccc1)S(=O)(=O)c1ccc(NC(=O)NCc2cccnc2)cc1. The predicted molar refractivity (Wildman–Crippen MR) is 113 cm³/mol. The molecule has 2 amide bonds. The van der Waals surface area contributed by atoms with E-state index in [2.05, 4.69) is 15.6 Å². The lowest BCUT2D eigenvalue weighted by molar-refractivity contribution is 0.251. The summed E-state index contributed by atoms with van der Waals surface area (Å²) in [6, 6.07) is 18.3. The molecule has 0 saturated carbocycles. The zero-order valence-corrected chi connectivity index (χ0v) is 16.8. The summed E-state index contributed by atoms with van der Waals surface area (Å²) in [5.74, 6) is 0. The molecule has 1 aromatic heterocycles. The molecule has 3 aromatic rings. The van der Waals surface area contributed by atoms with Gasteiger partial charge >= 0.3 is 6.03 Å². The maximum absolute atomic E-state index is 13.0. The molecule has 150 valence electrons. The number of carbonyl (C=O) groups excluding carboxylic acids is 1. The van der Waals surface area contributed by atoms with E-state index < -0.39 is 10.0 Å². The zero-order valence-electron chi connectivity index (χ0n) is 15.9. The molecule has 3 rings (SSSR count). The third-order valence-electron chi connectivity index (χ3n) is 4.21. The van der Waals surface area contributed by atoms with Gasteiger partial charge in [-0.25, -0.2) is 13.2 Å². The maximum atomic E-state index is 13.0. The molecule has 0 bridgehead atoms. The van der Waals surface area contributed by atoms with E-state index >= 15 is 0 Å². The van der Waals surface area contributed by atoms with E-state index in [0.717, 1.165) is 5.56 Å². The molecular formula is C21H22N4O3S. The molecule has 0 unspecified atom stereocenters. The van der Waals surface area contributed by atoms with Crippen LogP contribution in [0.5, 0.6) is 0 Å². The van der Waals surface area contributed by atoms with Crippen molar-refractivity contribution in [2.75, 3.05) is 16.2 Å². The Hall–Kier alpha value is -3.39. The van der Waals surface area contributed by atoms with Crippen LogP contribution in [0.15, 0.2) is 84.0 Å². The second-order valence-electron chi connectivity index (χ2n) is 6.20. The van der Waals surface area contributed by atoms with Gasteiger partial charge in [0, 0.05) is 31.2 Å². The van der Waals surface area contributed by atoms with Gasteiger partial charge in [0.05, 0.1) is 10.6 Å². The Morgan fingerprint density at radius 1 is 1.00 bits per heavy atom. The first-order valence-electron chi connectivity index (χ1n) is 9.12. The number of urea groups is 1. The summed E-state index contributed by atoms with van der Waals surface area (Å²) in [6.45, 7) is 2.44. The van der Waals surface area contributed by atoms with Gasteiger partial charge in [0.15, 0.2) is 0 Å². The lowest BCUT2D eigenvalue weighted by atomic mass is 10.3. The maximum Gasteiger partial charge on any atom is 0.319 e. The van der Waals surface area contributed by atoms with Gasteiger partial charge in [0.2, 0.25) is 0 Å². The molecule has 2 N–H and O–H groups in total. The average molecular weight is 410 g/mol. The molecule has 8 heteroatoms. The van der Waals surface area contributed by atoms with Gasteiger partial charge in [-0.2, -0.15) is 0 Å². The summed E-state index contributed by atoms with van der Waals surface area (Å²) in [5, 5.41) is 5.41. The van der Waals surface area contributed by atoms with Crippen LogP contribution < -0.4 is 14.9 Å². The van der Waals surface area contributed by atoms with Crippen LogP contribution in [0.1, 0.15) is 12.5 Å². The number of sulfonamides is 1. The van der Waals surface area contributed by atoms with E-state index in [-0.39, 0.29) is 10.9 Å².